The van der Waals surface area contributed by atoms with E-state index in [9.17, 15) is 0 Å². The lowest BCUT2D eigenvalue weighted by molar-refractivity contribution is 0.669. The molecule has 5 nitrogen and oxygen atoms in total. The molecule has 1 N–H and O–H groups in total. The maximum Gasteiger partial charge on any atom is 0.198 e. The smallest absolute Gasteiger partial charge is 0.198 e. The van der Waals surface area contributed by atoms with Crippen LogP contribution in [0.3, 0.4) is 0 Å². The number of aromatic nitrogens is 1. The zero-order valence-electron chi connectivity index (χ0n) is 31.0. The topological polar surface area (TPSA) is 58.5 Å². The number of aromatic amines is 1. The number of H-pyrrole nitrogens is 1. The van der Waals surface area contributed by atoms with Gasteiger partial charge in [-0.1, -0.05) is 109 Å². The van der Waals surface area contributed by atoms with Gasteiger partial charge in [0.05, 0.1) is 5.52 Å². The number of rotatable bonds is 2. The number of fused-ring (bicyclic) bond motifs is 16. The first kappa shape index (κ1) is 30.5. The first-order valence-corrected chi connectivity index (χ1v) is 19.8. The molecule has 0 bridgehead atoms. The van der Waals surface area contributed by atoms with Crippen LogP contribution in [-0.2, 0) is 0 Å². The van der Waals surface area contributed by atoms with Crippen molar-refractivity contribution in [3.8, 4) is 11.1 Å². The van der Waals surface area contributed by atoms with E-state index in [1.807, 2.05) is 18.2 Å². The summed E-state index contributed by atoms with van der Waals surface area (Å²) in [6, 6.07) is 58.4. The molecule has 14 rings (SSSR count). The molecule has 1 aliphatic rings. The maximum atomic E-state index is 6.97. The van der Waals surface area contributed by atoms with Crippen molar-refractivity contribution in [1.82, 2.24) is 4.98 Å². The minimum absolute atomic E-state index is 0.687. The standard InChI is InChI=1S/C52H29BN2O3/c1-2-11-30-28(10-1)20-22-40-48(30)34-15-9-16-35(51(34)54-40)49-50-42(26-38-33-14-5-8-19-45(33)58-52(38)49)55(29-21-23-46-36(24-29)31-12-3-6-17-43(31)56-46)41-25-37-32-13-4-7-18-44(32)57-47(37)27-39(41)53-50/h1-27,53-54H. The van der Waals surface area contributed by atoms with Crippen LogP contribution in [0.4, 0.5) is 17.1 Å². The van der Waals surface area contributed by atoms with Crippen LogP contribution < -0.4 is 15.8 Å². The highest BCUT2D eigenvalue weighted by molar-refractivity contribution is 6.74. The van der Waals surface area contributed by atoms with E-state index in [0.717, 1.165) is 105 Å². The van der Waals surface area contributed by atoms with Gasteiger partial charge in [-0.2, -0.15) is 0 Å². The highest BCUT2D eigenvalue weighted by atomic mass is 16.3. The minimum Gasteiger partial charge on any atom is -0.456 e. The van der Waals surface area contributed by atoms with Gasteiger partial charge in [-0.15, -0.1) is 0 Å². The van der Waals surface area contributed by atoms with Gasteiger partial charge in [0.15, 0.2) is 7.28 Å². The Kier molecular flexibility index (Phi) is 5.78. The maximum absolute atomic E-state index is 6.97. The van der Waals surface area contributed by atoms with E-state index in [1.54, 1.807) is 0 Å². The molecule has 5 heterocycles. The minimum atomic E-state index is 0.687. The SMILES string of the molecule is B1c2cc3oc4ccccc4c3cc2N(c2ccc3oc4ccccc4c3c2)c2cc3c(oc4ccccc43)c(-c3cccc4c3[nH]c3ccc5ccccc5c34)c21. The number of hydrogen-bond acceptors (Lipinski definition) is 4. The highest BCUT2D eigenvalue weighted by Gasteiger charge is 2.33. The van der Waals surface area contributed by atoms with E-state index in [-0.39, 0.29) is 0 Å². The number of hydrogen-bond donors (Lipinski definition) is 1. The van der Waals surface area contributed by atoms with Gasteiger partial charge < -0.3 is 23.1 Å². The van der Waals surface area contributed by atoms with E-state index in [1.165, 1.54) is 32.5 Å². The third-order valence-electron chi connectivity index (χ3n) is 12.6. The van der Waals surface area contributed by atoms with E-state index in [4.69, 9.17) is 13.3 Å². The first-order chi connectivity index (χ1) is 28.7. The molecular formula is C52H29BN2O3. The molecule has 6 heteroatoms. The zero-order chi connectivity index (χ0) is 37.6. The average Bonchev–Trinajstić information content (AvgIpc) is 4.04. The summed E-state index contributed by atoms with van der Waals surface area (Å²) in [5, 5.41) is 11.5. The van der Waals surface area contributed by atoms with E-state index >= 15 is 0 Å². The molecule has 0 aliphatic carbocycles. The summed E-state index contributed by atoms with van der Waals surface area (Å²) < 4.78 is 19.9. The number of nitrogens with zero attached hydrogens (tertiary/aromatic N) is 1. The van der Waals surface area contributed by atoms with Crippen LogP contribution >= 0.6 is 0 Å². The van der Waals surface area contributed by atoms with Crippen molar-refractivity contribution in [2.45, 2.75) is 0 Å². The van der Waals surface area contributed by atoms with Crippen molar-refractivity contribution in [1.29, 1.82) is 0 Å². The van der Waals surface area contributed by atoms with Crippen LogP contribution in [0.5, 0.6) is 0 Å². The molecule has 9 aromatic carbocycles. The van der Waals surface area contributed by atoms with Crippen molar-refractivity contribution in [3.05, 3.63) is 164 Å². The summed E-state index contributed by atoms with van der Waals surface area (Å²) >= 11 is 0. The van der Waals surface area contributed by atoms with Crippen LogP contribution in [0.1, 0.15) is 0 Å². The van der Waals surface area contributed by atoms with Gasteiger partial charge in [0, 0.05) is 76.8 Å². The largest absolute Gasteiger partial charge is 0.456 e. The normalized spacial score (nSPS) is 12.9. The molecule has 0 amide bonds. The van der Waals surface area contributed by atoms with Gasteiger partial charge in [-0.05, 0) is 76.9 Å². The van der Waals surface area contributed by atoms with Gasteiger partial charge in [0.1, 0.15) is 33.5 Å². The molecule has 0 fully saturated rings. The third kappa shape index (κ3) is 4.00. The molecule has 0 saturated heterocycles. The van der Waals surface area contributed by atoms with Crippen molar-refractivity contribution in [3.63, 3.8) is 0 Å². The zero-order valence-corrected chi connectivity index (χ0v) is 31.0. The molecule has 0 radical (unpaired) electrons. The second-order valence-electron chi connectivity index (χ2n) is 15.7. The van der Waals surface area contributed by atoms with Gasteiger partial charge in [-0.25, -0.2) is 0 Å². The summed E-state index contributed by atoms with van der Waals surface area (Å²) in [5.74, 6) is 0. The van der Waals surface area contributed by atoms with E-state index < -0.39 is 0 Å². The van der Waals surface area contributed by atoms with Crippen molar-refractivity contribution in [2.24, 2.45) is 0 Å². The number of anilines is 3. The number of furan rings is 3. The van der Waals surface area contributed by atoms with Gasteiger partial charge in [0.2, 0.25) is 0 Å². The van der Waals surface area contributed by atoms with Gasteiger partial charge >= 0.3 is 0 Å². The fourth-order valence-electron chi connectivity index (χ4n) is 10.1. The first-order valence-electron chi connectivity index (χ1n) is 19.8. The molecule has 0 unspecified atom stereocenters. The van der Waals surface area contributed by atoms with Crippen molar-refractivity contribution < 1.29 is 13.3 Å². The number of para-hydroxylation sites is 4. The lowest BCUT2D eigenvalue weighted by Gasteiger charge is -2.35. The molecule has 58 heavy (non-hydrogen) atoms. The summed E-state index contributed by atoms with van der Waals surface area (Å²) in [6.07, 6.45) is 0. The van der Waals surface area contributed by atoms with Crippen LogP contribution in [0, 0.1) is 0 Å². The van der Waals surface area contributed by atoms with E-state index in [2.05, 4.69) is 155 Å². The highest BCUT2D eigenvalue weighted by Crippen LogP contribution is 2.47. The van der Waals surface area contributed by atoms with Crippen molar-refractivity contribution in [2.75, 3.05) is 4.90 Å². The molecule has 4 aromatic heterocycles. The lowest BCUT2D eigenvalue weighted by Crippen LogP contribution is -2.41. The Morgan fingerprint density at radius 3 is 1.90 bits per heavy atom. The fraction of sp³-hybridized carbons (Fsp3) is 0. The Morgan fingerprint density at radius 2 is 1.09 bits per heavy atom. The molecule has 13 aromatic rings. The quantitative estimate of drug-likeness (QED) is 0.179. The molecule has 0 atom stereocenters. The molecule has 0 saturated carbocycles. The Labute approximate surface area is 330 Å². The second-order valence-corrected chi connectivity index (χ2v) is 15.7. The average molecular weight is 741 g/mol. The number of nitrogens with one attached hydrogen (secondary N) is 1. The lowest BCUT2D eigenvalue weighted by atomic mass is 9.58. The van der Waals surface area contributed by atoms with Gasteiger partial charge in [0.25, 0.3) is 0 Å². The number of benzene rings is 9. The predicted molar refractivity (Wildman–Crippen MR) is 242 cm³/mol. The monoisotopic (exact) mass is 740 g/mol. The summed E-state index contributed by atoms with van der Waals surface area (Å²) in [6.45, 7) is 0. The van der Waals surface area contributed by atoms with Crippen LogP contribution in [0.15, 0.2) is 177 Å². The fourth-order valence-corrected chi connectivity index (χ4v) is 10.1. The Bertz CT molecular complexity index is 3920. The molecular weight excluding hydrogens is 711 g/mol. The summed E-state index contributed by atoms with van der Waals surface area (Å²) in [5.41, 5.74) is 15.4. The van der Waals surface area contributed by atoms with Crippen LogP contribution in [0.25, 0.3) is 110 Å². The Balaban J connectivity index is 1.13. The van der Waals surface area contributed by atoms with Gasteiger partial charge in [-0.3, -0.25) is 0 Å². The Morgan fingerprint density at radius 1 is 0.448 bits per heavy atom. The summed E-state index contributed by atoms with van der Waals surface area (Å²) in [4.78, 5) is 6.36. The van der Waals surface area contributed by atoms with Crippen LogP contribution in [-0.4, -0.2) is 12.3 Å². The van der Waals surface area contributed by atoms with Crippen LogP contribution in [0.2, 0.25) is 0 Å². The summed E-state index contributed by atoms with van der Waals surface area (Å²) in [7, 11) is 0.687. The Hall–Kier alpha value is -7.70. The third-order valence-corrected chi connectivity index (χ3v) is 12.6. The molecule has 1 aliphatic heterocycles. The molecule has 0 spiro atoms. The van der Waals surface area contributed by atoms with E-state index in [0.29, 0.717) is 7.28 Å². The predicted octanol–water partition coefficient (Wildman–Crippen LogP) is 13.0. The second kappa shape index (κ2) is 11.0. The molecule has 268 valence electrons. The van der Waals surface area contributed by atoms with Crippen molar-refractivity contribution >= 4 is 134 Å².